The smallest absolute Gasteiger partial charge is 0.306 e. The zero-order valence-electron chi connectivity index (χ0n) is 12.1. The van der Waals surface area contributed by atoms with E-state index < -0.39 is 43.0 Å². The van der Waals surface area contributed by atoms with E-state index in [-0.39, 0.29) is 19.1 Å². The SMILES string of the molecule is CCCC(=O)O[C@@H](C=O)[C@@H](OC(=O)CC)[C@H](O)[C@H](O)CO. The molecule has 8 nitrogen and oxygen atoms in total. The van der Waals surface area contributed by atoms with Gasteiger partial charge in [-0.1, -0.05) is 13.8 Å². The molecule has 3 N–H and O–H groups in total. The number of aliphatic hydroxyl groups excluding tert-OH is 3. The molecule has 0 aromatic heterocycles. The number of ether oxygens (including phenoxy) is 2. The molecule has 0 rings (SSSR count). The normalized spacial score (nSPS) is 16.4. The fourth-order valence-corrected chi connectivity index (χ4v) is 1.48. The van der Waals surface area contributed by atoms with Gasteiger partial charge < -0.3 is 24.8 Å². The summed E-state index contributed by atoms with van der Waals surface area (Å²) < 4.78 is 9.67. The Hall–Kier alpha value is -1.51. The van der Waals surface area contributed by atoms with Crippen molar-refractivity contribution < 1.29 is 39.2 Å². The van der Waals surface area contributed by atoms with Crippen LogP contribution in [0.3, 0.4) is 0 Å². The van der Waals surface area contributed by atoms with Gasteiger partial charge in [-0.05, 0) is 6.42 Å². The molecule has 4 atom stereocenters. The molecule has 0 bridgehead atoms. The molecule has 0 aliphatic heterocycles. The van der Waals surface area contributed by atoms with Gasteiger partial charge in [0.2, 0.25) is 0 Å². The van der Waals surface area contributed by atoms with Crippen molar-refractivity contribution in [3.63, 3.8) is 0 Å². The molecule has 21 heavy (non-hydrogen) atoms. The third-order valence-electron chi connectivity index (χ3n) is 2.65. The highest BCUT2D eigenvalue weighted by Gasteiger charge is 2.37. The van der Waals surface area contributed by atoms with Crippen molar-refractivity contribution in [3.8, 4) is 0 Å². The predicted octanol–water partition coefficient (Wildman–Crippen LogP) is -1.07. The number of aliphatic hydroxyl groups is 3. The molecule has 0 aliphatic rings. The summed E-state index contributed by atoms with van der Waals surface area (Å²) in [5.74, 6) is -1.44. The van der Waals surface area contributed by atoms with Crippen LogP contribution >= 0.6 is 0 Å². The van der Waals surface area contributed by atoms with Gasteiger partial charge in [0.25, 0.3) is 0 Å². The standard InChI is InChI=1S/C13H22O8/c1-3-5-11(18)20-9(7-15)13(21-10(17)4-2)12(19)8(16)6-14/h7-9,12-14,16,19H,3-6H2,1-2H3/t8-,9+,12-,13-/m1/s1. The van der Waals surface area contributed by atoms with Gasteiger partial charge in [0, 0.05) is 12.8 Å². The molecule has 0 fully saturated rings. The first kappa shape index (κ1) is 19.5. The number of aldehydes is 1. The van der Waals surface area contributed by atoms with E-state index in [0.29, 0.717) is 6.42 Å². The summed E-state index contributed by atoms with van der Waals surface area (Å²) in [5.41, 5.74) is 0. The lowest BCUT2D eigenvalue weighted by Crippen LogP contribution is -2.50. The molecule has 0 heterocycles. The average Bonchev–Trinajstić information content (AvgIpc) is 2.48. The maximum absolute atomic E-state index is 11.4. The summed E-state index contributed by atoms with van der Waals surface area (Å²) in [4.78, 5) is 33.8. The Morgan fingerprint density at radius 3 is 2.19 bits per heavy atom. The maximum Gasteiger partial charge on any atom is 0.306 e. The second-order valence-corrected chi connectivity index (χ2v) is 4.39. The number of esters is 2. The van der Waals surface area contributed by atoms with Gasteiger partial charge in [-0.15, -0.1) is 0 Å². The van der Waals surface area contributed by atoms with E-state index in [2.05, 4.69) is 0 Å². The van der Waals surface area contributed by atoms with Crippen LogP contribution in [0.2, 0.25) is 0 Å². The van der Waals surface area contributed by atoms with Crippen LogP contribution in [0.4, 0.5) is 0 Å². The highest BCUT2D eigenvalue weighted by Crippen LogP contribution is 2.13. The van der Waals surface area contributed by atoms with Gasteiger partial charge >= 0.3 is 11.9 Å². The van der Waals surface area contributed by atoms with Crippen molar-refractivity contribution in [2.45, 2.75) is 57.5 Å². The zero-order valence-corrected chi connectivity index (χ0v) is 12.1. The van der Waals surface area contributed by atoms with Gasteiger partial charge in [-0.2, -0.15) is 0 Å². The van der Waals surface area contributed by atoms with Crippen molar-refractivity contribution >= 4 is 18.2 Å². The van der Waals surface area contributed by atoms with E-state index in [1.54, 1.807) is 6.92 Å². The molecule has 0 saturated heterocycles. The summed E-state index contributed by atoms with van der Waals surface area (Å²) in [6.07, 6.45) is -5.85. The van der Waals surface area contributed by atoms with E-state index in [9.17, 15) is 24.6 Å². The van der Waals surface area contributed by atoms with Crippen molar-refractivity contribution in [2.24, 2.45) is 0 Å². The van der Waals surface area contributed by atoms with Crippen LogP contribution in [-0.2, 0) is 23.9 Å². The summed E-state index contributed by atoms with van der Waals surface area (Å²) in [6, 6.07) is 0. The number of hydrogen-bond donors (Lipinski definition) is 3. The Kier molecular flexibility index (Phi) is 9.51. The van der Waals surface area contributed by atoms with E-state index >= 15 is 0 Å². The lowest BCUT2D eigenvalue weighted by Gasteiger charge is -2.29. The number of carbonyl (C=O) groups is 3. The van der Waals surface area contributed by atoms with Crippen LogP contribution in [0.5, 0.6) is 0 Å². The molecular weight excluding hydrogens is 284 g/mol. The quantitative estimate of drug-likeness (QED) is 0.344. The number of rotatable bonds is 10. The summed E-state index contributed by atoms with van der Waals surface area (Å²) in [7, 11) is 0. The average molecular weight is 306 g/mol. The van der Waals surface area contributed by atoms with Gasteiger partial charge in [0.1, 0.15) is 12.2 Å². The Morgan fingerprint density at radius 1 is 1.14 bits per heavy atom. The van der Waals surface area contributed by atoms with Crippen molar-refractivity contribution in [1.82, 2.24) is 0 Å². The zero-order chi connectivity index (χ0) is 16.4. The molecule has 8 heteroatoms. The molecule has 0 spiro atoms. The first-order valence-electron chi connectivity index (χ1n) is 6.72. The van der Waals surface area contributed by atoms with Crippen LogP contribution in [-0.4, -0.2) is 64.6 Å². The van der Waals surface area contributed by atoms with Crippen LogP contribution in [0.25, 0.3) is 0 Å². The Labute approximate surface area is 122 Å². The second kappa shape index (κ2) is 10.3. The third-order valence-corrected chi connectivity index (χ3v) is 2.65. The van der Waals surface area contributed by atoms with E-state index in [4.69, 9.17) is 14.6 Å². The van der Waals surface area contributed by atoms with Crippen molar-refractivity contribution in [3.05, 3.63) is 0 Å². The lowest BCUT2D eigenvalue weighted by molar-refractivity contribution is -0.184. The van der Waals surface area contributed by atoms with Gasteiger partial charge in [0.15, 0.2) is 18.5 Å². The van der Waals surface area contributed by atoms with E-state index in [1.165, 1.54) is 6.92 Å². The molecule has 0 aliphatic carbocycles. The van der Waals surface area contributed by atoms with Gasteiger partial charge in [-0.3, -0.25) is 14.4 Å². The molecule has 0 saturated carbocycles. The monoisotopic (exact) mass is 306 g/mol. The fraction of sp³-hybridized carbons (Fsp3) is 0.769. The van der Waals surface area contributed by atoms with Crippen LogP contribution in [0.1, 0.15) is 33.1 Å². The second-order valence-electron chi connectivity index (χ2n) is 4.39. The Bertz CT molecular complexity index is 343. The maximum atomic E-state index is 11.4. The minimum atomic E-state index is -1.77. The minimum Gasteiger partial charge on any atom is -0.455 e. The molecule has 0 amide bonds. The lowest BCUT2D eigenvalue weighted by atomic mass is 10.0. The van der Waals surface area contributed by atoms with Crippen LogP contribution in [0, 0.1) is 0 Å². The minimum absolute atomic E-state index is 0.0348. The highest BCUT2D eigenvalue weighted by atomic mass is 16.6. The first-order valence-corrected chi connectivity index (χ1v) is 6.72. The number of carbonyl (C=O) groups excluding carboxylic acids is 3. The van der Waals surface area contributed by atoms with Crippen molar-refractivity contribution in [2.75, 3.05) is 6.61 Å². The fourth-order valence-electron chi connectivity index (χ4n) is 1.48. The highest BCUT2D eigenvalue weighted by molar-refractivity contribution is 5.74. The topological polar surface area (TPSA) is 130 Å². The van der Waals surface area contributed by atoms with Crippen LogP contribution in [0.15, 0.2) is 0 Å². The summed E-state index contributed by atoms with van der Waals surface area (Å²) in [6.45, 7) is 2.42. The van der Waals surface area contributed by atoms with Crippen LogP contribution < -0.4 is 0 Å². The van der Waals surface area contributed by atoms with Gasteiger partial charge in [-0.25, -0.2) is 0 Å². The summed E-state index contributed by atoms with van der Waals surface area (Å²) in [5, 5.41) is 28.1. The third kappa shape index (κ3) is 6.65. The van der Waals surface area contributed by atoms with Gasteiger partial charge in [0.05, 0.1) is 6.61 Å². The molecule has 0 radical (unpaired) electrons. The largest absolute Gasteiger partial charge is 0.455 e. The Balaban J connectivity index is 5.07. The molecular formula is C13H22O8. The van der Waals surface area contributed by atoms with E-state index in [0.717, 1.165) is 0 Å². The molecule has 0 aromatic rings. The molecule has 0 unspecified atom stereocenters. The Morgan fingerprint density at radius 2 is 1.76 bits per heavy atom. The summed E-state index contributed by atoms with van der Waals surface area (Å²) >= 11 is 0. The number of hydrogen-bond acceptors (Lipinski definition) is 8. The first-order chi connectivity index (χ1) is 9.90. The van der Waals surface area contributed by atoms with Crippen molar-refractivity contribution in [1.29, 1.82) is 0 Å². The predicted molar refractivity (Wildman–Crippen MR) is 70.1 cm³/mol. The van der Waals surface area contributed by atoms with E-state index in [1.807, 2.05) is 0 Å². The molecule has 122 valence electrons. The molecule has 0 aromatic carbocycles.